The largest absolute Gasteiger partial charge is 0.461 e. The van der Waals surface area contributed by atoms with Gasteiger partial charge in [-0.25, -0.2) is 0 Å². The average Bonchev–Trinajstić information content (AvgIpc) is 2.42. The third kappa shape index (κ3) is 4.72. The molecular weight excluding hydrogens is 311 g/mol. The van der Waals surface area contributed by atoms with Crippen molar-refractivity contribution < 1.29 is 4.74 Å². The lowest BCUT2D eigenvalue weighted by molar-refractivity contribution is 0.297. The maximum atomic E-state index is 5.70. The van der Waals surface area contributed by atoms with Crippen LogP contribution in [0.3, 0.4) is 0 Å². The minimum atomic E-state index is 0.0241. The van der Waals surface area contributed by atoms with Gasteiger partial charge in [0.15, 0.2) is 0 Å². The van der Waals surface area contributed by atoms with Gasteiger partial charge in [-0.2, -0.15) is 15.0 Å². The van der Waals surface area contributed by atoms with Gasteiger partial charge in [-0.3, -0.25) is 0 Å². The summed E-state index contributed by atoms with van der Waals surface area (Å²) in [6, 6.07) is 8.47. The van der Waals surface area contributed by atoms with Gasteiger partial charge in [0.05, 0.1) is 6.54 Å². The second-order valence-corrected chi connectivity index (χ2v) is 5.10. The summed E-state index contributed by atoms with van der Waals surface area (Å²) in [5.41, 5.74) is 2.38. The first-order valence-electron chi connectivity index (χ1n) is 6.60. The fourth-order valence-corrected chi connectivity index (χ4v) is 2.26. The van der Waals surface area contributed by atoms with Crippen LogP contribution in [0.1, 0.15) is 12.5 Å². The van der Waals surface area contributed by atoms with E-state index in [1.165, 1.54) is 5.56 Å². The number of anilines is 1. The smallest absolute Gasteiger partial charge is 0.322 e. The van der Waals surface area contributed by atoms with Crippen LogP contribution in [-0.2, 0) is 0 Å². The zero-order valence-electron chi connectivity index (χ0n) is 11.9. The van der Waals surface area contributed by atoms with Crippen molar-refractivity contribution in [2.45, 2.75) is 13.8 Å². The number of aromatic nitrogens is 3. The lowest BCUT2D eigenvalue weighted by Gasteiger charge is -2.23. The highest BCUT2D eigenvalue weighted by atomic mass is 35.5. The average molecular weight is 327 g/mol. The van der Waals surface area contributed by atoms with Gasteiger partial charge in [0.25, 0.3) is 0 Å². The van der Waals surface area contributed by atoms with E-state index in [-0.39, 0.29) is 16.6 Å². The molecule has 0 aliphatic rings. The number of ether oxygens (including phenoxy) is 1. The van der Waals surface area contributed by atoms with Gasteiger partial charge < -0.3 is 9.64 Å². The van der Waals surface area contributed by atoms with Gasteiger partial charge >= 0.3 is 6.01 Å². The molecule has 1 heterocycles. The van der Waals surface area contributed by atoms with Gasteiger partial charge in [0.1, 0.15) is 6.61 Å². The van der Waals surface area contributed by atoms with Crippen molar-refractivity contribution in [1.82, 2.24) is 15.0 Å². The van der Waals surface area contributed by atoms with Crippen molar-refractivity contribution >= 4 is 28.9 Å². The quantitative estimate of drug-likeness (QED) is 0.814. The van der Waals surface area contributed by atoms with E-state index in [0.717, 1.165) is 12.2 Å². The van der Waals surface area contributed by atoms with E-state index >= 15 is 0 Å². The molecule has 112 valence electrons. The summed E-state index contributed by atoms with van der Waals surface area (Å²) in [5.74, 6) is 0. The monoisotopic (exact) mass is 326 g/mol. The molecule has 5 nitrogen and oxygen atoms in total. The summed E-state index contributed by atoms with van der Waals surface area (Å²) in [5, 5.41) is 0.0482. The molecule has 0 radical (unpaired) electrons. The van der Waals surface area contributed by atoms with Crippen LogP contribution < -0.4 is 9.64 Å². The summed E-state index contributed by atoms with van der Waals surface area (Å²) < 4.78 is 5.48. The highest BCUT2D eigenvalue weighted by Gasteiger charge is 2.07. The SMILES string of the molecule is CCN(CCOc1nc(Cl)nc(Cl)n1)c1cccc(C)c1. The molecule has 2 rings (SSSR count). The number of rotatable bonds is 6. The molecule has 0 bridgehead atoms. The minimum Gasteiger partial charge on any atom is -0.461 e. The minimum absolute atomic E-state index is 0.0241. The Morgan fingerprint density at radius 2 is 1.86 bits per heavy atom. The third-order valence-corrected chi connectivity index (χ3v) is 3.24. The number of hydrogen-bond acceptors (Lipinski definition) is 5. The van der Waals surface area contributed by atoms with Crippen LogP contribution in [0.5, 0.6) is 6.01 Å². The van der Waals surface area contributed by atoms with Crippen molar-refractivity contribution in [2.75, 3.05) is 24.6 Å². The first kappa shape index (κ1) is 15.8. The Balaban J connectivity index is 1.94. The fourth-order valence-electron chi connectivity index (χ4n) is 1.92. The van der Waals surface area contributed by atoms with Gasteiger partial charge in [0, 0.05) is 12.2 Å². The zero-order valence-corrected chi connectivity index (χ0v) is 13.4. The van der Waals surface area contributed by atoms with E-state index < -0.39 is 0 Å². The van der Waals surface area contributed by atoms with Crippen LogP contribution in [0.25, 0.3) is 0 Å². The molecule has 0 N–H and O–H groups in total. The van der Waals surface area contributed by atoms with Crippen LogP contribution >= 0.6 is 23.2 Å². The molecule has 0 saturated heterocycles. The highest BCUT2D eigenvalue weighted by molar-refractivity contribution is 6.31. The number of benzene rings is 1. The molecule has 0 fully saturated rings. The Bertz CT molecular complexity index is 589. The van der Waals surface area contributed by atoms with Crippen molar-refractivity contribution in [3.63, 3.8) is 0 Å². The number of aryl methyl sites for hydroxylation is 1. The van der Waals surface area contributed by atoms with E-state index in [4.69, 9.17) is 27.9 Å². The molecule has 0 saturated carbocycles. The second kappa shape index (κ2) is 7.43. The number of hydrogen-bond donors (Lipinski definition) is 0. The van der Waals surface area contributed by atoms with Crippen LogP contribution in [0.2, 0.25) is 10.6 Å². The second-order valence-electron chi connectivity index (χ2n) is 4.42. The van der Waals surface area contributed by atoms with E-state index in [0.29, 0.717) is 13.2 Å². The Labute approximate surface area is 133 Å². The molecule has 21 heavy (non-hydrogen) atoms. The van der Waals surface area contributed by atoms with Crippen LogP contribution in [0.15, 0.2) is 24.3 Å². The molecular formula is C14H16Cl2N4O. The van der Waals surface area contributed by atoms with Crippen LogP contribution in [-0.4, -0.2) is 34.6 Å². The Kier molecular flexibility index (Phi) is 5.59. The van der Waals surface area contributed by atoms with Crippen molar-refractivity contribution in [1.29, 1.82) is 0 Å². The maximum absolute atomic E-state index is 5.70. The standard InChI is InChI=1S/C14H16Cl2N4O/c1-3-20(11-6-4-5-10(2)9-11)7-8-21-14-18-12(15)17-13(16)19-14/h4-6,9H,3,7-8H2,1-2H3. The molecule has 0 aliphatic heterocycles. The molecule has 7 heteroatoms. The molecule has 0 aliphatic carbocycles. The molecule has 0 atom stereocenters. The Morgan fingerprint density at radius 1 is 1.14 bits per heavy atom. The normalized spacial score (nSPS) is 10.5. The van der Waals surface area contributed by atoms with Crippen molar-refractivity contribution in [3.8, 4) is 6.01 Å². The fraction of sp³-hybridized carbons (Fsp3) is 0.357. The van der Waals surface area contributed by atoms with E-state index in [1.807, 2.05) is 6.07 Å². The molecule has 0 amide bonds. The summed E-state index contributed by atoms with van der Waals surface area (Å²) in [4.78, 5) is 13.6. The lowest BCUT2D eigenvalue weighted by atomic mass is 10.2. The third-order valence-electron chi connectivity index (χ3n) is 2.90. The Morgan fingerprint density at radius 3 is 2.48 bits per heavy atom. The van der Waals surface area contributed by atoms with Crippen LogP contribution in [0, 0.1) is 6.92 Å². The number of likely N-dealkylation sites (N-methyl/N-ethyl adjacent to an activating group) is 1. The van der Waals surface area contributed by atoms with Crippen LogP contribution in [0.4, 0.5) is 5.69 Å². The zero-order chi connectivity index (χ0) is 15.2. The topological polar surface area (TPSA) is 51.1 Å². The highest BCUT2D eigenvalue weighted by Crippen LogP contribution is 2.16. The van der Waals surface area contributed by atoms with Crippen molar-refractivity contribution in [3.05, 3.63) is 40.4 Å². The predicted octanol–water partition coefficient (Wildman–Crippen LogP) is 3.39. The van der Waals surface area contributed by atoms with Gasteiger partial charge in [0.2, 0.25) is 10.6 Å². The number of nitrogens with zero attached hydrogens (tertiary/aromatic N) is 4. The summed E-state index contributed by atoms with van der Waals surface area (Å²) in [7, 11) is 0. The molecule has 0 spiro atoms. The summed E-state index contributed by atoms with van der Waals surface area (Å²) in [6.45, 7) is 6.19. The summed E-state index contributed by atoms with van der Waals surface area (Å²) in [6.07, 6.45) is 0. The first-order valence-corrected chi connectivity index (χ1v) is 7.35. The molecule has 2 aromatic rings. The van der Waals surface area contributed by atoms with E-state index in [1.54, 1.807) is 0 Å². The van der Waals surface area contributed by atoms with E-state index in [2.05, 4.69) is 51.9 Å². The maximum Gasteiger partial charge on any atom is 0.322 e. The molecule has 1 aromatic carbocycles. The Hall–Kier alpha value is -1.59. The van der Waals surface area contributed by atoms with E-state index in [9.17, 15) is 0 Å². The number of halogens is 2. The first-order chi connectivity index (χ1) is 10.1. The molecule has 1 aromatic heterocycles. The summed E-state index contributed by atoms with van der Waals surface area (Å²) >= 11 is 11.4. The van der Waals surface area contributed by atoms with Gasteiger partial charge in [-0.1, -0.05) is 12.1 Å². The molecule has 0 unspecified atom stereocenters. The van der Waals surface area contributed by atoms with Gasteiger partial charge in [-0.05, 0) is 54.7 Å². The van der Waals surface area contributed by atoms with Gasteiger partial charge in [-0.15, -0.1) is 0 Å². The lowest BCUT2D eigenvalue weighted by Crippen LogP contribution is -2.28. The predicted molar refractivity (Wildman–Crippen MR) is 84.4 cm³/mol. The van der Waals surface area contributed by atoms with Crippen molar-refractivity contribution in [2.24, 2.45) is 0 Å².